The predicted molar refractivity (Wildman–Crippen MR) is 119 cm³/mol. The molecule has 0 aromatic heterocycles. The van der Waals surface area contributed by atoms with Gasteiger partial charge in [-0.25, -0.2) is 0 Å². The molecule has 0 unspecified atom stereocenters. The van der Waals surface area contributed by atoms with Crippen LogP contribution in [0.25, 0.3) is 5.70 Å². The summed E-state index contributed by atoms with van der Waals surface area (Å²) in [5, 5.41) is 3.48. The SMILES string of the molecule is C=C(c1cc(CCc2ccccc2)ccc1N=CC)N1CC2(CCNCC2)C1. The van der Waals surface area contributed by atoms with Crippen molar-refractivity contribution >= 4 is 17.6 Å². The molecule has 2 aromatic carbocycles. The lowest BCUT2D eigenvalue weighted by atomic mass is 9.72. The fourth-order valence-corrected chi connectivity index (χ4v) is 4.55. The molecule has 2 heterocycles. The van der Waals surface area contributed by atoms with E-state index in [0.717, 1.165) is 50.4 Å². The number of rotatable bonds is 6. The van der Waals surface area contributed by atoms with Crippen molar-refractivity contribution in [1.82, 2.24) is 10.2 Å². The van der Waals surface area contributed by atoms with Gasteiger partial charge in [-0.3, -0.25) is 4.99 Å². The fraction of sp³-hybridized carbons (Fsp3) is 0.400. The third-order valence-corrected chi connectivity index (χ3v) is 6.28. The largest absolute Gasteiger partial charge is 0.370 e. The first-order valence-electron chi connectivity index (χ1n) is 10.5. The number of piperidine rings is 1. The minimum atomic E-state index is 0.507. The predicted octanol–water partition coefficient (Wildman–Crippen LogP) is 4.85. The first-order chi connectivity index (χ1) is 13.7. The Hall–Kier alpha value is -2.39. The van der Waals surface area contributed by atoms with Crippen LogP contribution in [0.4, 0.5) is 5.69 Å². The van der Waals surface area contributed by atoms with Crippen LogP contribution >= 0.6 is 0 Å². The normalized spacial score (nSPS) is 18.4. The molecule has 0 bridgehead atoms. The van der Waals surface area contributed by atoms with E-state index in [9.17, 15) is 0 Å². The molecular weight excluding hydrogens is 342 g/mol. The summed E-state index contributed by atoms with van der Waals surface area (Å²) in [7, 11) is 0. The van der Waals surface area contributed by atoms with Gasteiger partial charge in [-0.1, -0.05) is 43.0 Å². The Morgan fingerprint density at radius 3 is 2.50 bits per heavy atom. The van der Waals surface area contributed by atoms with E-state index in [2.05, 4.69) is 70.3 Å². The standard InChI is InChI=1S/C25H31N3/c1-3-27-24-12-11-22(10-9-21-7-5-4-6-8-21)17-23(24)20(2)28-18-25(19-28)13-15-26-16-14-25/h3-8,11-12,17,26H,2,9-10,13-16,18-19H2,1H3. The van der Waals surface area contributed by atoms with Crippen molar-refractivity contribution in [3.8, 4) is 0 Å². The number of hydrogen-bond donors (Lipinski definition) is 1. The van der Waals surface area contributed by atoms with Crippen LogP contribution in [0.15, 0.2) is 60.1 Å². The molecule has 0 saturated carbocycles. The highest BCUT2D eigenvalue weighted by atomic mass is 15.2. The summed E-state index contributed by atoms with van der Waals surface area (Å²) < 4.78 is 0. The van der Waals surface area contributed by atoms with Crippen LogP contribution in [0.3, 0.4) is 0 Å². The second kappa shape index (κ2) is 8.32. The van der Waals surface area contributed by atoms with Gasteiger partial charge in [-0.15, -0.1) is 0 Å². The molecule has 3 heteroatoms. The summed E-state index contributed by atoms with van der Waals surface area (Å²) >= 11 is 0. The molecule has 2 aliphatic rings. The number of aryl methyl sites for hydroxylation is 2. The highest BCUT2D eigenvalue weighted by molar-refractivity contribution is 5.76. The zero-order chi connectivity index (χ0) is 19.4. The van der Waals surface area contributed by atoms with Gasteiger partial charge in [0, 0.05) is 36.0 Å². The van der Waals surface area contributed by atoms with Crippen LogP contribution in [-0.4, -0.2) is 37.3 Å². The number of nitrogens with zero attached hydrogens (tertiary/aromatic N) is 2. The van der Waals surface area contributed by atoms with Gasteiger partial charge in [0.2, 0.25) is 0 Å². The minimum Gasteiger partial charge on any atom is -0.370 e. The van der Waals surface area contributed by atoms with Gasteiger partial charge in [0.1, 0.15) is 0 Å². The quantitative estimate of drug-likeness (QED) is 0.733. The lowest BCUT2D eigenvalue weighted by molar-refractivity contribution is 0.0201. The summed E-state index contributed by atoms with van der Waals surface area (Å²) in [6, 6.07) is 17.4. The summed E-state index contributed by atoms with van der Waals surface area (Å²) in [4.78, 5) is 7.06. The molecule has 4 rings (SSSR count). The summed E-state index contributed by atoms with van der Waals surface area (Å²) in [6.07, 6.45) is 6.54. The Morgan fingerprint density at radius 1 is 1.07 bits per heavy atom. The molecule has 2 saturated heterocycles. The van der Waals surface area contributed by atoms with Gasteiger partial charge in [0.15, 0.2) is 0 Å². The van der Waals surface area contributed by atoms with Crippen molar-refractivity contribution in [2.45, 2.75) is 32.6 Å². The molecule has 146 valence electrons. The van der Waals surface area contributed by atoms with E-state index >= 15 is 0 Å². The maximum absolute atomic E-state index is 4.61. The molecule has 3 nitrogen and oxygen atoms in total. The van der Waals surface area contributed by atoms with Gasteiger partial charge in [0.25, 0.3) is 0 Å². The molecular formula is C25H31N3. The topological polar surface area (TPSA) is 27.6 Å². The molecule has 1 N–H and O–H groups in total. The average Bonchev–Trinajstić information content (AvgIpc) is 2.72. The van der Waals surface area contributed by atoms with Gasteiger partial charge in [0.05, 0.1) is 5.69 Å². The fourth-order valence-electron chi connectivity index (χ4n) is 4.55. The van der Waals surface area contributed by atoms with Gasteiger partial charge in [-0.2, -0.15) is 0 Å². The number of benzene rings is 2. The van der Waals surface area contributed by atoms with E-state index < -0.39 is 0 Å². The molecule has 1 spiro atoms. The molecule has 2 fully saturated rings. The maximum Gasteiger partial charge on any atom is 0.0718 e. The first kappa shape index (κ1) is 18.9. The number of likely N-dealkylation sites (tertiary alicyclic amines) is 1. The third kappa shape index (κ3) is 4.05. The molecule has 0 atom stereocenters. The Kier molecular flexibility index (Phi) is 5.63. The molecule has 2 aliphatic heterocycles. The smallest absolute Gasteiger partial charge is 0.0718 e. The Morgan fingerprint density at radius 2 is 1.79 bits per heavy atom. The summed E-state index contributed by atoms with van der Waals surface area (Å²) in [5.74, 6) is 0. The van der Waals surface area contributed by atoms with Gasteiger partial charge in [-0.05, 0) is 69.0 Å². The van der Waals surface area contributed by atoms with Crippen molar-refractivity contribution < 1.29 is 0 Å². The Labute approximate surface area is 169 Å². The number of nitrogens with one attached hydrogen (secondary N) is 1. The van der Waals surface area contributed by atoms with Crippen LogP contribution in [0.2, 0.25) is 0 Å². The monoisotopic (exact) mass is 373 g/mol. The van der Waals surface area contributed by atoms with Gasteiger partial charge >= 0.3 is 0 Å². The molecule has 2 aromatic rings. The van der Waals surface area contributed by atoms with Crippen molar-refractivity contribution in [3.05, 3.63) is 71.8 Å². The van der Waals surface area contributed by atoms with Crippen molar-refractivity contribution in [2.75, 3.05) is 26.2 Å². The minimum absolute atomic E-state index is 0.507. The van der Waals surface area contributed by atoms with E-state index in [1.807, 2.05) is 13.1 Å². The van der Waals surface area contributed by atoms with E-state index in [4.69, 9.17) is 0 Å². The van der Waals surface area contributed by atoms with E-state index in [1.54, 1.807) is 0 Å². The van der Waals surface area contributed by atoms with E-state index in [-0.39, 0.29) is 0 Å². The zero-order valence-electron chi connectivity index (χ0n) is 17.0. The lowest BCUT2D eigenvalue weighted by Crippen LogP contribution is -2.58. The molecule has 28 heavy (non-hydrogen) atoms. The second-order valence-electron chi connectivity index (χ2n) is 8.28. The second-order valence-corrected chi connectivity index (χ2v) is 8.28. The zero-order valence-corrected chi connectivity index (χ0v) is 17.0. The average molecular weight is 374 g/mol. The maximum atomic E-state index is 4.61. The van der Waals surface area contributed by atoms with Crippen molar-refractivity contribution in [3.63, 3.8) is 0 Å². The summed E-state index contributed by atoms with van der Waals surface area (Å²) in [5.41, 5.74) is 6.59. The first-order valence-corrected chi connectivity index (χ1v) is 10.5. The summed E-state index contributed by atoms with van der Waals surface area (Å²) in [6.45, 7) is 11.0. The number of hydrogen-bond acceptors (Lipinski definition) is 3. The van der Waals surface area contributed by atoms with E-state index in [0.29, 0.717) is 5.41 Å². The molecule has 0 amide bonds. The van der Waals surface area contributed by atoms with Crippen LogP contribution in [0.5, 0.6) is 0 Å². The Balaban J connectivity index is 1.48. The van der Waals surface area contributed by atoms with Crippen molar-refractivity contribution in [1.29, 1.82) is 0 Å². The van der Waals surface area contributed by atoms with Crippen LogP contribution < -0.4 is 5.32 Å². The van der Waals surface area contributed by atoms with Gasteiger partial charge < -0.3 is 10.2 Å². The van der Waals surface area contributed by atoms with E-state index in [1.165, 1.54) is 29.5 Å². The lowest BCUT2D eigenvalue weighted by Gasteiger charge is -2.54. The molecule has 0 radical (unpaired) electrons. The van der Waals surface area contributed by atoms with Crippen LogP contribution in [0, 0.1) is 5.41 Å². The van der Waals surface area contributed by atoms with Crippen LogP contribution in [0.1, 0.15) is 36.5 Å². The molecule has 0 aliphatic carbocycles. The number of aliphatic imine (C=N–C) groups is 1. The highest BCUT2D eigenvalue weighted by Gasteiger charge is 2.44. The van der Waals surface area contributed by atoms with Crippen molar-refractivity contribution in [2.24, 2.45) is 10.4 Å². The van der Waals surface area contributed by atoms with Crippen LogP contribution in [-0.2, 0) is 12.8 Å². The highest BCUT2D eigenvalue weighted by Crippen LogP contribution is 2.43. The third-order valence-electron chi connectivity index (χ3n) is 6.28. The Bertz CT molecular complexity index is 839.